The van der Waals surface area contributed by atoms with Crippen LogP contribution in [0.4, 0.5) is 5.82 Å². The van der Waals surface area contributed by atoms with E-state index in [0.29, 0.717) is 18.1 Å². The van der Waals surface area contributed by atoms with Gasteiger partial charge in [-0.1, -0.05) is 0 Å². The molecule has 7 heteroatoms. The summed E-state index contributed by atoms with van der Waals surface area (Å²) in [5.41, 5.74) is 0.330. The highest BCUT2D eigenvalue weighted by molar-refractivity contribution is 5.92. The van der Waals surface area contributed by atoms with Gasteiger partial charge in [-0.2, -0.15) is 0 Å². The summed E-state index contributed by atoms with van der Waals surface area (Å²) in [6.07, 6.45) is 3.23. The standard InChI is InChI=1S/C15H25N5O2/c1-20(2)9-4-8-16-14-7-6-13(18-19-14)15(21)17-11-12-5-3-10-22-12/h6-7,12H,3-5,8-11H2,1-2H3,(H,16,19)(H,17,21). The van der Waals surface area contributed by atoms with Crippen LogP contribution in [-0.2, 0) is 4.74 Å². The van der Waals surface area contributed by atoms with Crippen LogP contribution in [0.3, 0.4) is 0 Å². The average molecular weight is 307 g/mol. The first-order chi connectivity index (χ1) is 10.6. The smallest absolute Gasteiger partial charge is 0.271 e. The lowest BCUT2D eigenvalue weighted by Crippen LogP contribution is -2.32. The molecule has 1 aliphatic heterocycles. The number of hydrogen-bond donors (Lipinski definition) is 2. The Morgan fingerprint density at radius 2 is 2.27 bits per heavy atom. The second-order valence-electron chi connectivity index (χ2n) is 5.73. The molecule has 0 aliphatic carbocycles. The lowest BCUT2D eigenvalue weighted by Gasteiger charge is -2.11. The predicted molar refractivity (Wildman–Crippen MR) is 85.0 cm³/mol. The largest absolute Gasteiger partial charge is 0.376 e. The minimum absolute atomic E-state index is 0.134. The van der Waals surface area contributed by atoms with E-state index in [-0.39, 0.29) is 12.0 Å². The van der Waals surface area contributed by atoms with Gasteiger partial charge in [-0.25, -0.2) is 0 Å². The minimum Gasteiger partial charge on any atom is -0.376 e. The van der Waals surface area contributed by atoms with E-state index in [1.165, 1.54) is 0 Å². The number of hydrogen-bond acceptors (Lipinski definition) is 6. The van der Waals surface area contributed by atoms with Crippen molar-refractivity contribution >= 4 is 11.7 Å². The van der Waals surface area contributed by atoms with Gasteiger partial charge in [0.05, 0.1) is 6.10 Å². The molecule has 122 valence electrons. The summed E-state index contributed by atoms with van der Waals surface area (Å²) < 4.78 is 5.47. The number of carbonyl (C=O) groups is 1. The van der Waals surface area contributed by atoms with Gasteiger partial charge in [0.2, 0.25) is 0 Å². The van der Waals surface area contributed by atoms with Crippen LogP contribution in [0, 0.1) is 0 Å². The highest BCUT2D eigenvalue weighted by Gasteiger charge is 2.17. The SMILES string of the molecule is CN(C)CCCNc1ccc(C(=O)NCC2CCCO2)nn1. The van der Waals surface area contributed by atoms with Crippen molar-refractivity contribution in [1.82, 2.24) is 20.4 Å². The summed E-state index contributed by atoms with van der Waals surface area (Å²) in [6.45, 7) is 3.17. The number of carbonyl (C=O) groups excluding carboxylic acids is 1. The molecule has 0 radical (unpaired) electrons. The molecule has 2 heterocycles. The van der Waals surface area contributed by atoms with Gasteiger partial charge < -0.3 is 20.3 Å². The van der Waals surface area contributed by atoms with Gasteiger partial charge >= 0.3 is 0 Å². The van der Waals surface area contributed by atoms with Gasteiger partial charge in [0.25, 0.3) is 5.91 Å². The van der Waals surface area contributed by atoms with E-state index < -0.39 is 0 Å². The number of amides is 1. The van der Waals surface area contributed by atoms with Crippen molar-refractivity contribution in [3.05, 3.63) is 17.8 Å². The summed E-state index contributed by atoms with van der Waals surface area (Å²) in [7, 11) is 4.09. The van der Waals surface area contributed by atoms with Crippen molar-refractivity contribution in [2.24, 2.45) is 0 Å². The number of nitrogens with zero attached hydrogens (tertiary/aromatic N) is 3. The highest BCUT2D eigenvalue weighted by Crippen LogP contribution is 2.10. The van der Waals surface area contributed by atoms with E-state index in [9.17, 15) is 4.79 Å². The number of ether oxygens (including phenoxy) is 1. The molecule has 0 spiro atoms. The van der Waals surface area contributed by atoms with Crippen LogP contribution in [0.25, 0.3) is 0 Å². The van der Waals surface area contributed by atoms with Gasteiger partial charge in [-0.15, -0.1) is 10.2 Å². The van der Waals surface area contributed by atoms with E-state index in [1.807, 2.05) is 14.1 Å². The quantitative estimate of drug-likeness (QED) is 0.690. The maximum absolute atomic E-state index is 12.0. The zero-order chi connectivity index (χ0) is 15.8. The fraction of sp³-hybridized carbons (Fsp3) is 0.667. The molecule has 0 bridgehead atoms. The first kappa shape index (κ1) is 16.6. The first-order valence-electron chi connectivity index (χ1n) is 7.77. The Labute approximate surface area is 131 Å². The minimum atomic E-state index is -0.206. The first-order valence-corrected chi connectivity index (χ1v) is 7.77. The zero-order valence-electron chi connectivity index (χ0n) is 13.3. The highest BCUT2D eigenvalue weighted by atomic mass is 16.5. The van der Waals surface area contributed by atoms with Crippen molar-refractivity contribution < 1.29 is 9.53 Å². The molecule has 1 fully saturated rings. The Kier molecular flexibility index (Phi) is 6.54. The Bertz CT molecular complexity index is 458. The van der Waals surface area contributed by atoms with E-state index in [4.69, 9.17) is 4.74 Å². The maximum Gasteiger partial charge on any atom is 0.271 e. The maximum atomic E-state index is 12.0. The monoisotopic (exact) mass is 307 g/mol. The second kappa shape index (κ2) is 8.65. The summed E-state index contributed by atoms with van der Waals surface area (Å²) in [4.78, 5) is 14.1. The molecule has 1 unspecified atom stereocenters. The van der Waals surface area contributed by atoms with Gasteiger partial charge in [0, 0.05) is 19.7 Å². The van der Waals surface area contributed by atoms with Crippen LogP contribution < -0.4 is 10.6 Å². The number of rotatable bonds is 8. The van der Waals surface area contributed by atoms with E-state index in [1.54, 1.807) is 12.1 Å². The van der Waals surface area contributed by atoms with Crippen molar-refractivity contribution in [1.29, 1.82) is 0 Å². The van der Waals surface area contributed by atoms with Gasteiger partial charge in [0.15, 0.2) is 5.69 Å². The molecule has 0 saturated carbocycles. The Balaban J connectivity index is 1.71. The van der Waals surface area contributed by atoms with Crippen molar-refractivity contribution in [2.45, 2.75) is 25.4 Å². The Morgan fingerprint density at radius 1 is 1.41 bits per heavy atom. The molecular weight excluding hydrogens is 282 g/mol. The average Bonchev–Trinajstić information content (AvgIpc) is 3.03. The van der Waals surface area contributed by atoms with Gasteiger partial charge in [-0.3, -0.25) is 4.79 Å². The second-order valence-corrected chi connectivity index (χ2v) is 5.73. The van der Waals surface area contributed by atoms with E-state index >= 15 is 0 Å². The number of anilines is 1. The van der Waals surface area contributed by atoms with Gasteiger partial charge in [-0.05, 0) is 52.0 Å². The molecule has 1 atom stereocenters. The van der Waals surface area contributed by atoms with Crippen molar-refractivity contribution in [3.63, 3.8) is 0 Å². The molecule has 1 aliphatic rings. The Morgan fingerprint density at radius 3 is 2.91 bits per heavy atom. The van der Waals surface area contributed by atoms with Crippen LogP contribution in [0.5, 0.6) is 0 Å². The van der Waals surface area contributed by atoms with Crippen LogP contribution in [-0.4, -0.2) is 67.4 Å². The molecule has 1 saturated heterocycles. The van der Waals surface area contributed by atoms with Crippen LogP contribution in [0.15, 0.2) is 12.1 Å². The van der Waals surface area contributed by atoms with Crippen LogP contribution >= 0.6 is 0 Å². The third-order valence-corrected chi connectivity index (χ3v) is 3.50. The topological polar surface area (TPSA) is 79.4 Å². The molecule has 22 heavy (non-hydrogen) atoms. The van der Waals surface area contributed by atoms with Gasteiger partial charge in [0.1, 0.15) is 5.82 Å². The molecule has 2 N–H and O–H groups in total. The molecule has 0 aromatic carbocycles. The van der Waals surface area contributed by atoms with Crippen molar-refractivity contribution in [2.75, 3.05) is 45.7 Å². The summed E-state index contributed by atoms with van der Waals surface area (Å²) in [5.74, 6) is 0.483. The fourth-order valence-corrected chi connectivity index (χ4v) is 2.26. The van der Waals surface area contributed by atoms with Crippen LogP contribution in [0.2, 0.25) is 0 Å². The number of nitrogens with one attached hydrogen (secondary N) is 2. The molecule has 1 aromatic rings. The summed E-state index contributed by atoms with van der Waals surface area (Å²) >= 11 is 0. The lowest BCUT2D eigenvalue weighted by atomic mass is 10.2. The third-order valence-electron chi connectivity index (χ3n) is 3.50. The van der Waals surface area contributed by atoms with E-state index in [0.717, 1.165) is 39.0 Å². The van der Waals surface area contributed by atoms with Crippen LogP contribution in [0.1, 0.15) is 29.8 Å². The molecule has 2 rings (SSSR count). The van der Waals surface area contributed by atoms with Crippen molar-refractivity contribution in [3.8, 4) is 0 Å². The fourth-order valence-electron chi connectivity index (χ4n) is 2.26. The Hall–Kier alpha value is -1.73. The molecule has 1 aromatic heterocycles. The molecular formula is C15H25N5O2. The van der Waals surface area contributed by atoms with E-state index in [2.05, 4.69) is 25.7 Å². The number of aromatic nitrogens is 2. The zero-order valence-corrected chi connectivity index (χ0v) is 13.3. The lowest BCUT2D eigenvalue weighted by molar-refractivity contribution is 0.0853. The summed E-state index contributed by atoms with van der Waals surface area (Å²) in [5, 5.41) is 14.0. The predicted octanol–water partition coefficient (Wildman–Crippen LogP) is 0.749. The summed E-state index contributed by atoms with van der Waals surface area (Å²) in [6, 6.07) is 3.47. The molecule has 7 nitrogen and oxygen atoms in total. The normalized spacial score (nSPS) is 17.7. The molecule has 1 amide bonds. The third kappa shape index (κ3) is 5.57.